The number of hydrogen-bond acceptors (Lipinski definition) is 5. The van der Waals surface area contributed by atoms with Crippen molar-refractivity contribution in [1.29, 1.82) is 0 Å². The van der Waals surface area contributed by atoms with Crippen LogP contribution in [0.15, 0.2) is 66.7 Å². The van der Waals surface area contributed by atoms with E-state index in [2.05, 4.69) is 10.6 Å². The molecule has 3 aromatic carbocycles. The molecule has 0 aromatic heterocycles. The summed E-state index contributed by atoms with van der Waals surface area (Å²) in [7, 11) is 0. The number of non-ortho nitro benzene ring substituents is 1. The summed E-state index contributed by atoms with van der Waals surface area (Å²) in [5, 5.41) is 16.7. The zero-order valence-corrected chi connectivity index (χ0v) is 18.6. The van der Waals surface area contributed by atoms with Gasteiger partial charge in [0.1, 0.15) is 6.04 Å². The van der Waals surface area contributed by atoms with E-state index >= 15 is 0 Å². The number of rotatable bonds is 5. The molecule has 0 fully saturated rings. The number of nitrogens with one attached hydrogen (secondary N) is 2. The van der Waals surface area contributed by atoms with Gasteiger partial charge >= 0.3 is 0 Å². The largest absolute Gasteiger partial charge is 0.326 e. The van der Waals surface area contributed by atoms with Gasteiger partial charge in [-0.05, 0) is 55.3 Å². The molecule has 3 amide bonds. The molecule has 0 bridgehead atoms. The predicted molar refractivity (Wildman–Crippen MR) is 128 cm³/mol. The predicted octanol–water partition coefficient (Wildman–Crippen LogP) is 4.21. The summed E-state index contributed by atoms with van der Waals surface area (Å²) in [6.07, 6.45) is -0.298. The van der Waals surface area contributed by atoms with Gasteiger partial charge in [-0.2, -0.15) is 0 Å². The zero-order valence-electron chi connectivity index (χ0n) is 18.6. The number of nitro groups is 1. The Hall–Kier alpha value is -4.53. The fourth-order valence-corrected chi connectivity index (χ4v) is 3.82. The second-order valence-electron chi connectivity index (χ2n) is 8.06. The number of benzene rings is 3. The Morgan fingerprint density at radius 3 is 2.53 bits per heavy atom. The Balaban J connectivity index is 1.67. The highest BCUT2D eigenvalue weighted by Gasteiger charge is 2.38. The third-order valence-electron chi connectivity index (χ3n) is 5.73. The van der Waals surface area contributed by atoms with Gasteiger partial charge in [0.2, 0.25) is 11.8 Å². The number of carbonyl (C=O) groups excluding carboxylic acids is 3. The van der Waals surface area contributed by atoms with Crippen LogP contribution in [0.3, 0.4) is 0 Å². The molecule has 1 aliphatic heterocycles. The topological polar surface area (TPSA) is 122 Å². The van der Waals surface area contributed by atoms with Gasteiger partial charge in [0.05, 0.1) is 22.7 Å². The minimum absolute atomic E-state index is 0.0401. The monoisotopic (exact) mass is 458 g/mol. The molecule has 0 saturated carbocycles. The standard InChI is InChI=1S/C25H22N4O5/c1-15-10-11-18(12-16(15)2)26-23(30)14-22-24(31)27-20-8-3-4-9-21(20)28(22)25(32)17-6-5-7-19(13-17)29(33)34/h3-13,22H,14H2,1-2H3,(H,26,30)(H,27,31). The van der Waals surface area contributed by atoms with Gasteiger partial charge in [-0.3, -0.25) is 29.4 Å². The van der Waals surface area contributed by atoms with Crippen molar-refractivity contribution in [1.82, 2.24) is 0 Å². The fourth-order valence-electron chi connectivity index (χ4n) is 3.82. The van der Waals surface area contributed by atoms with Gasteiger partial charge in [-0.25, -0.2) is 0 Å². The van der Waals surface area contributed by atoms with E-state index in [1.807, 2.05) is 26.0 Å². The lowest BCUT2D eigenvalue weighted by Gasteiger charge is -2.36. The number of nitro benzene ring substituents is 1. The third kappa shape index (κ3) is 4.49. The van der Waals surface area contributed by atoms with Gasteiger partial charge < -0.3 is 10.6 Å². The van der Waals surface area contributed by atoms with E-state index in [-0.39, 0.29) is 17.7 Å². The summed E-state index contributed by atoms with van der Waals surface area (Å²) >= 11 is 0. The van der Waals surface area contributed by atoms with Crippen molar-refractivity contribution in [3.63, 3.8) is 0 Å². The van der Waals surface area contributed by atoms with Crippen LogP contribution in [0.1, 0.15) is 27.9 Å². The number of amides is 3. The highest BCUT2D eigenvalue weighted by Crippen LogP contribution is 2.34. The first-order chi connectivity index (χ1) is 16.2. The Kier molecular flexibility index (Phi) is 6.09. The number of aryl methyl sites for hydroxylation is 2. The quantitative estimate of drug-likeness (QED) is 0.438. The number of hydrogen-bond donors (Lipinski definition) is 2. The number of nitrogens with zero attached hydrogens (tertiary/aromatic N) is 2. The smallest absolute Gasteiger partial charge is 0.270 e. The van der Waals surface area contributed by atoms with Crippen LogP contribution < -0.4 is 15.5 Å². The molecule has 4 rings (SSSR count). The lowest BCUT2D eigenvalue weighted by atomic mass is 10.0. The normalized spacial score (nSPS) is 14.7. The van der Waals surface area contributed by atoms with Gasteiger partial charge in [0, 0.05) is 23.4 Å². The molecular weight excluding hydrogens is 436 g/mol. The summed E-state index contributed by atoms with van der Waals surface area (Å²) in [6, 6.07) is 16.3. The maximum Gasteiger partial charge on any atom is 0.270 e. The van der Waals surface area contributed by atoms with Crippen LogP contribution in [-0.4, -0.2) is 28.7 Å². The van der Waals surface area contributed by atoms with E-state index in [1.54, 1.807) is 30.3 Å². The van der Waals surface area contributed by atoms with E-state index < -0.39 is 28.7 Å². The maximum atomic E-state index is 13.5. The average Bonchev–Trinajstić information content (AvgIpc) is 2.81. The van der Waals surface area contributed by atoms with E-state index in [0.717, 1.165) is 17.2 Å². The van der Waals surface area contributed by atoms with Crippen molar-refractivity contribution in [2.24, 2.45) is 0 Å². The van der Waals surface area contributed by atoms with E-state index in [9.17, 15) is 24.5 Å². The fraction of sp³-hybridized carbons (Fsp3) is 0.160. The molecule has 0 aliphatic carbocycles. The molecule has 9 heteroatoms. The molecule has 1 heterocycles. The molecule has 172 valence electrons. The van der Waals surface area contributed by atoms with E-state index in [0.29, 0.717) is 17.1 Å². The summed E-state index contributed by atoms with van der Waals surface area (Å²) in [5.74, 6) is -1.58. The maximum absolute atomic E-state index is 13.5. The van der Waals surface area contributed by atoms with Crippen LogP contribution in [0.25, 0.3) is 0 Å². The molecule has 0 radical (unpaired) electrons. The van der Waals surface area contributed by atoms with Crippen LogP contribution in [0, 0.1) is 24.0 Å². The Morgan fingerprint density at radius 1 is 1.03 bits per heavy atom. The Bertz CT molecular complexity index is 1320. The van der Waals surface area contributed by atoms with Gasteiger partial charge in [-0.1, -0.05) is 24.3 Å². The lowest BCUT2D eigenvalue weighted by Crippen LogP contribution is -2.52. The van der Waals surface area contributed by atoms with Crippen molar-refractivity contribution >= 4 is 40.5 Å². The second kappa shape index (κ2) is 9.14. The summed E-state index contributed by atoms with van der Waals surface area (Å²) in [4.78, 5) is 51.2. The van der Waals surface area contributed by atoms with Crippen LogP contribution in [0.2, 0.25) is 0 Å². The molecule has 9 nitrogen and oxygen atoms in total. The first-order valence-corrected chi connectivity index (χ1v) is 10.6. The van der Waals surface area contributed by atoms with Crippen molar-refractivity contribution in [3.05, 3.63) is 93.5 Å². The Morgan fingerprint density at radius 2 is 1.79 bits per heavy atom. The van der Waals surface area contributed by atoms with Crippen LogP contribution in [0.4, 0.5) is 22.7 Å². The highest BCUT2D eigenvalue weighted by molar-refractivity contribution is 6.18. The summed E-state index contributed by atoms with van der Waals surface area (Å²) < 4.78 is 0. The molecule has 1 unspecified atom stereocenters. The van der Waals surface area contributed by atoms with Crippen molar-refractivity contribution in [2.75, 3.05) is 15.5 Å². The summed E-state index contributed by atoms with van der Waals surface area (Å²) in [5.41, 5.74) is 3.28. The van der Waals surface area contributed by atoms with E-state index in [4.69, 9.17) is 0 Å². The minimum Gasteiger partial charge on any atom is -0.326 e. The highest BCUT2D eigenvalue weighted by atomic mass is 16.6. The van der Waals surface area contributed by atoms with Gasteiger partial charge in [0.15, 0.2) is 0 Å². The molecular formula is C25H22N4O5. The number of anilines is 3. The first kappa shape index (κ1) is 22.7. The SMILES string of the molecule is Cc1ccc(NC(=O)CC2C(=O)Nc3ccccc3N2C(=O)c2cccc([N+](=O)[O-])c2)cc1C. The molecule has 3 aromatic rings. The second-order valence-corrected chi connectivity index (χ2v) is 8.06. The van der Waals surface area contributed by atoms with Crippen molar-refractivity contribution in [2.45, 2.75) is 26.3 Å². The molecule has 0 spiro atoms. The summed E-state index contributed by atoms with van der Waals surface area (Å²) in [6.45, 7) is 3.89. The van der Waals surface area contributed by atoms with Crippen molar-refractivity contribution in [3.8, 4) is 0 Å². The minimum atomic E-state index is -1.15. The number of fused-ring (bicyclic) bond motifs is 1. The van der Waals surface area contributed by atoms with Crippen LogP contribution in [0.5, 0.6) is 0 Å². The molecule has 2 N–H and O–H groups in total. The molecule has 1 aliphatic rings. The zero-order chi connectivity index (χ0) is 24.4. The van der Waals surface area contributed by atoms with Gasteiger partial charge in [0.25, 0.3) is 11.6 Å². The third-order valence-corrected chi connectivity index (χ3v) is 5.73. The molecule has 0 saturated heterocycles. The van der Waals surface area contributed by atoms with Crippen LogP contribution in [-0.2, 0) is 9.59 Å². The number of carbonyl (C=O) groups is 3. The lowest BCUT2D eigenvalue weighted by molar-refractivity contribution is -0.384. The Labute approximate surface area is 195 Å². The van der Waals surface area contributed by atoms with Crippen molar-refractivity contribution < 1.29 is 19.3 Å². The van der Waals surface area contributed by atoms with E-state index in [1.165, 1.54) is 23.1 Å². The first-order valence-electron chi connectivity index (χ1n) is 10.6. The van der Waals surface area contributed by atoms with Crippen LogP contribution >= 0.6 is 0 Å². The average molecular weight is 458 g/mol. The molecule has 34 heavy (non-hydrogen) atoms. The number of para-hydroxylation sites is 2. The molecule has 1 atom stereocenters. The van der Waals surface area contributed by atoms with Gasteiger partial charge in [-0.15, -0.1) is 0 Å².